The van der Waals surface area contributed by atoms with Gasteiger partial charge in [-0.1, -0.05) is 6.07 Å². The van der Waals surface area contributed by atoms with Gasteiger partial charge in [0.1, 0.15) is 11.6 Å². The van der Waals surface area contributed by atoms with Gasteiger partial charge in [-0.2, -0.15) is 0 Å². The van der Waals surface area contributed by atoms with Gasteiger partial charge in [0.15, 0.2) is 0 Å². The van der Waals surface area contributed by atoms with Crippen molar-refractivity contribution in [3.05, 3.63) is 35.4 Å². The van der Waals surface area contributed by atoms with Gasteiger partial charge >= 0.3 is 0 Å². The van der Waals surface area contributed by atoms with Gasteiger partial charge < -0.3 is 15.5 Å². The maximum Gasteiger partial charge on any atom is 0.130 e. The van der Waals surface area contributed by atoms with Crippen LogP contribution in [0.4, 0.5) is 8.78 Å². The van der Waals surface area contributed by atoms with Crippen LogP contribution >= 0.6 is 0 Å². The topological polar surface area (TPSA) is 52.5 Å². The Kier molecular flexibility index (Phi) is 4.27. The highest BCUT2D eigenvalue weighted by atomic mass is 19.1. The van der Waals surface area contributed by atoms with Crippen LogP contribution in [0.5, 0.6) is 0 Å². The summed E-state index contributed by atoms with van der Waals surface area (Å²) in [6.07, 6.45) is 0.708. The SMILES string of the molecule is OC[C@@H]1C[C@@H](NCc2ccc(F)cc2F)C[C@@H]1O. The Morgan fingerprint density at radius 1 is 1.28 bits per heavy atom. The molecule has 0 spiro atoms. The number of hydrogen-bond donors (Lipinski definition) is 3. The lowest BCUT2D eigenvalue weighted by atomic mass is 10.1. The Balaban J connectivity index is 1.89. The number of aliphatic hydroxyl groups is 2. The zero-order valence-corrected chi connectivity index (χ0v) is 9.94. The fourth-order valence-corrected chi connectivity index (χ4v) is 2.38. The summed E-state index contributed by atoms with van der Waals surface area (Å²) in [6.45, 7) is 0.256. The Bertz CT molecular complexity index is 414. The lowest BCUT2D eigenvalue weighted by Crippen LogP contribution is -2.27. The summed E-state index contributed by atoms with van der Waals surface area (Å²) in [5, 5.41) is 21.8. The lowest BCUT2D eigenvalue weighted by Gasteiger charge is -2.12. The third-order valence-corrected chi connectivity index (χ3v) is 3.49. The highest BCUT2D eigenvalue weighted by Gasteiger charge is 2.31. The van der Waals surface area contributed by atoms with E-state index in [1.807, 2.05) is 0 Å². The van der Waals surface area contributed by atoms with E-state index in [1.54, 1.807) is 0 Å². The normalized spacial score (nSPS) is 27.7. The first kappa shape index (κ1) is 13.4. The van der Waals surface area contributed by atoms with E-state index in [9.17, 15) is 13.9 Å². The molecule has 3 nitrogen and oxygen atoms in total. The Hall–Kier alpha value is -1.04. The molecule has 0 aliphatic heterocycles. The number of nitrogens with one attached hydrogen (secondary N) is 1. The van der Waals surface area contributed by atoms with Crippen LogP contribution in [0, 0.1) is 17.6 Å². The molecular formula is C13H17F2NO2. The summed E-state index contributed by atoms with van der Waals surface area (Å²) in [5.74, 6) is -1.27. The first-order valence-electron chi connectivity index (χ1n) is 6.06. The highest BCUT2D eigenvalue weighted by molar-refractivity contribution is 5.18. The number of benzene rings is 1. The van der Waals surface area contributed by atoms with Crippen LogP contribution in [0.15, 0.2) is 18.2 Å². The molecule has 0 saturated heterocycles. The molecule has 1 fully saturated rings. The van der Waals surface area contributed by atoms with Crippen LogP contribution in [0.1, 0.15) is 18.4 Å². The number of rotatable bonds is 4. The van der Waals surface area contributed by atoms with Crippen LogP contribution in [-0.2, 0) is 6.54 Å². The smallest absolute Gasteiger partial charge is 0.130 e. The zero-order chi connectivity index (χ0) is 13.1. The summed E-state index contributed by atoms with van der Waals surface area (Å²) in [7, 11) is 0. The van der Waals surface area contributed by atoms with Gasteiger partial charge in [-0.25, -0.2) is 8.78 Å². The first-order chi connectivity index (χ1) is 8.60. The summed E-state index contributed by atoms with van der Waals surface area (Å²) in [6, 6.07) is 3.55. The number of aliphatic hydroxyl groups excluding tert-OH is 2. The average Bonchev–Trinajstić information content (AvgIpc) is 2.69. The third kappa shape index (κ3) is 3.04. The molecule has 0 bridgehead atoms. The van der Waals surface area contributed by atoms with Crippen molar-refractivity contribution in [2.24, 2.45) is 5.92 Å². The van der Waals surface area contributed by atoms with E-state index in [0.717, 1.165) is 6.07 Å². The predicted octanol–water partition coefficient (Wildman–Crippen LogP) is 1.19. The van der Waals surface area contributed by atoms with Crippen LogP contribution in [-0.4, -0.2) is 29.0 Å². The van der Waals surface area contributed by atoms with E-state index < -0.39 is 17.7 Å². The van der Waals surface area contributed by atoms with Crippen molar-refractivity contribution in [3.8, 4) is 0 Å². The molecule has 3 N–H and O–H groups in total. The summed E-state index contributed by atoms with van der Waals surface area (Å²) in [5.41, 5.74) is 0.401. The van der Waals surface area contributed by atoms with Crippen LogP contribution in [0.3, 0.4) is 0 Å². The number of hydrogen-bond acceptors (Lipinski definition) is 3. The van der Waals surface area contributed by atoms with Crippen LogP contribution in [0.25, 0.3) is 0 Å². The Morgan fingerprint density at radius 3 is 2.67 bits per heavy atom. The maximum atomic E-state index is 13.4. The minimum Gasteiger partial charge on any atom is -0.396 e. The molecule has 5 heteroatoms. The van der Waals surface area contributed by atoms with E-state index in [-0.39, 0.29) is 18.6 Å². The standard InChI is InChI=1S/C13H17F2NO2/c14-10-2-1-8(12(15)4-10)6-16-11-3-9(7-17)13(18)5-11/h1-2,4,9,11,13,16-18H,3,5-7H2/t9-,11+,13-/m0/s1. The van der Waals surface area contributed by atoms with Crippen molar-refractivity contribution in [2.45, 2.75) is 31.5 Å². The molecule has 1 aromatic carbocycles. The second kappa shape index (κ2) is 5.73. The molecule has 1 aliphatic carbocycles. The zero-order valence-electron chi connectivity index (χ0n) is 9.94. The summed E-state index contributed by atoms with van der Waals surface area (Å²) >= 11 is 0. The summed E-state index contributed by atoms with van der Waals surface area (Å²) < 4.78 is 26.1. The maximum absolute atomic E-state index is 13.4. The van der Waals surface area contributed by atoms with Gasteiger partial charge in [0.25, 0.3) is 0 Å². The fourth-order valence-electron chi connectivity index (χ4n) is 2.38. The van der Waals surface area contributed by atoms with Gasteiger partial charge in [0.2, 0.25) is 0 Å². The quantitative estimate of drug-likeness (QED) is 0.759. The van der Waals surface area contributed by atoms with E-state index in [4.69, 9.17) is 5.11 Å². The predicted molar refractivity (Wildman–Crippen MR) is 62.8 cm³/mol. The van der Waals surface area contributed by atoms with Crippen molar-refractivity contribution in [3.63, 3.8) is 0 Å². The van der Waals surface area contributed by atoms with Gasteiger partial charge in [0, 0.05) is 36.7 Å². The average molecular weight is 257 g/mol. The van der Waals surface area contributed by atoms with Crippen molar-refractivity contribution < 1.29 is 19.0 Å². The monoisotopic (exact) mass is 257 g/mol. The lowest BCUT2D eigenvalue weighted by molar-refractivity contribution is 0.0907. The van der Waals surface area contributed by atoms with Crippen molar-refractivity contribution in [1.29, 1.82) is 0 Å². The molecule has 3 atom stereocenters. The Labute approximate surface area is 104 Å². The molecule has 1 saturated carbocycles. The van der Waals surface area contributed by atoms with Gasteiger partial charge in [-0.15, -0.1) is 0 Å². The molecule has 100 valence electrons. The molecule has 2 rings (SSSR count). The third-order valence-electron chi connectivity index (χ3n) is 3.49. The molecule has 18 heavy (non-hydrogen) atoms. The molecule has 1 aromatic rings. The van der Waals surface area contributed by atoms with E-state index >= 15 is 0 Å². The molecular weight excluding hydrogens is 240 g/mol. The minimum absolute atomic E-state index is 0.0374. The van der Waals surface area contributed by atoms with Crippen molar-refractivity contribution in [2.75, 3.05) is 6.61 Å². The van der Waals surface area contributed by atoms with E-state index in [1.165, 1.54) is 12.1 Å². The Morgan fingerprint density at radius 2 is 2.06 bits per heavy atom. The van der Waals surface area contributed by atoms with Gasteiger partial charge in [0.05, 0.1) is 6.10 Å². The number of halogens is 2. The van der Waals surface area contributed by atoms with E-state index in [0.29, 0.717) is 24.9 Å². The van der Waals surface area contributed by atoms with Crippen LogP contribution in [0.2, 0.25) is 0 Å². The second-order valence-corrected chi connectivity index (χ2v) is 4.79. The molecule has 0 aromatic heterocycles. The van der Waals surface area contributed by atoms with Gasteiger partial charge in [-0.3, -0.25) is 0 Å². The molecule has 0 unspecified atom stereocenters. The fraction of sp³-hybridized carbons (Fsp3) is 0.538. The molecule has 0 heterocycles. The minimum atomic E-state index is -0.590. The highest BCUT2D eigenvalue weighted by Crippen LogP contribution is 2.26. The second-order valence-electron chi connectivity index (χ2n) is 4.79. The van der Waals surface area contributed by atoms with Crippen molar-refractivity contribution in [1.82, 2.24) is 5.32 Å². The molecule has 0 amide bonds. The largest absolute Gasteiger partial charge is 0.396 e. The van der Waals surface area contributed by atoms with Gasteiger partial charge in [-0.05, 0) is 18.9 Å². The first-order valence-corrected chi connectivity index (χ1v) is 6.06. The van der Waals surface area contributed by atoms with E-state index in [2.05, 4.69) is 5.32 Å². The van der Waals surface area contributed by atoms with Crippen molar-refractivity contribution >= 4 is 0 Å². The van der Waals surface area contributed by atoms with Crippen LogP contribution < -0.4 is 5.32 Å². The summed E-state index contributed by atoms with van der Waals surface area (Å²) in [4.78, 5) is 0. The molecule has 1 aliphatic rings. The molecule has 0 radical (unpaired) electrons.